The van der Waals surface area contributed by atoms with E-state index in [1.807, 2.05) is 6.07 Å². The highest BCUT2D eigenvalue weighted by Gasteiger charge is 2.40. The van der Waals surface area contributed by atoms with Crippen LogP contribution < -0.4 is 5.32 Å². The van der Waals surface area contributed by atoms with Crippen LogP contribution in [0.15, 0.2) is 35.2 Å². The van der Waals surface area contributed by atoms with E-state index in [-0.39, 0.29) is 23.7 Å². The van der Waals surface area contributed by atoms with Gasteiger partial charge in [0.1, 0.15) is 5.82 Å². The number of rotatable bonds is 2. The van der Waals surface area contributed by atoms with Crippen LogP contribution in [0.25, 0.3) is 0 Å². The predicted molar refractivity (Wildman–Crippen MR) is 81.5 cm³/mol. The Bertz CT molecular complexity index is 615. The molecule has 0 aromatic heterocycles. The van der Waals surface area contributed by atoms with Gasteiger partial charge in [-0.2, -0.15) is 0 Å². The van der Waals surface area contributed by atoms with Crippen molar-refractivity contribution >= 4 is 17.7 Å². The molecule has 1 heterocycles. The number of hydrogen-bond acceptors (Lipinski definition) is 2. The Kier molecular flexibility index (Phi) is 3.29. The molecular formula is C17H18FNOS. The van der Waals surface area contributed by atoms with Crippen molar-refractivity contribution in [3.8, 4) is 0 Å². The van der Waals surface area contributed by atoms with Gasteiger partial charge in [0, 0.05) is 16.6 Å². The lowest BCUT2D eigenvalue weighted by Crippen LogP contribution is -2.36. The molecule has 1 aromatic rings. The third kappa shape index (κ3) is 2.39. The Morgan fingerprint density at radius 2 is 2.19 bits per heavy atom. The maximum absolute atomic E-state index is 13.5. The van der Waals surface area contributed by atoms with Crippen molar-refractivity contribution in [2.45, 2.75) is 30.2 Å². The number of nitrogens with one attached hydrogen (secondary N) is 1. The average Bonchev–Trinajstić information content (AvgIpc) is 3.10. The van der Waals surface area contributed by atoms with E-state index in [0.717, 1.165) is 35.5 Å². The SMILES string of the molecule is O=C(N[C@H]1CCSc2ccc(F)cc21)[C@H]1C[C@H]2C=C[C@H]1C2. The fourth-order valence-electron chi connectivity index (χ4n) is 3.88. The Morgan fingerprint density at radius 1 is 1.29 bits per heavy atom. The van der Waals surface area contributed by atoms with Crippen molar-refractivity contribution < 1.29 is 9.18 Å². The number of hydrogen-bond donors (Lipinski definition) is 1. The standard InChI is InChI=1S/C17H18FNOS/c18-12-3-4-16-14(9-12)15(5-6-21-16)19-17(20)13-8-10-1-2-11(13)7-10/h1-4,9-11,13,15H,5-8H2,(H,19,20)/t10-,11-,13-,15-/m0/s1. The molecule has 0 saturated heterocycles. The molecule has 4 atom stereocenters. The van der Waals surface area contributed by atoms with Crippen molar-refractivity contribution in [3.63, 3.8) is 0 Å². The molecule has 0 spiro atoms. The van der Waals surface area contributed by atoms with Gasteiger partial charge in [-0.15, -0.1) is 11.8 Å². The van der Waals surface area contributed by atoms with E-state index < -0.39 is 0 Å². The van der Waals surface area contributed by atoms with Gasteiger partial charge in [-0.25, -0.2) is 4.39 Å². The second-order valence-electron chi connectivity index (χ2n) is 6.27. The van der Waals surface area contributed by atoms with Gasteiger partial charge in [0.25, 0.3) is 0 Å². The molecule has 1 amide bonds. The molecule has 1 aromatic carbocycles. The number of carbonyl (C=O) groups excluding carboxylic acids is 1. The smallest absolute Gasteiger partial charge is 0.224 e. The first kappa shape index (κ1) is 13.4. The van der Waals surface area contributed by atoms with Gasteiger partial charge in [0.05, 0.1) is 6.04 Å². The van der Waals surface area contributed by atoms with Gasteiger partial charge < -0.3 is 5.32 Å². The molecule has 1 fully saturated rings. The molecule has 4 rings (SSSR count). The quantitative estimate of drug-likeness (QED) is 0.844. The third-order valence-corrected chi connectivity index (χ3v) is 6.07. The summed E-state index contributed by atoms with van der Waals surface area (Å²) in [5.41, 5.74) is 0.943. The zero-order chi connectivity index (χ0) is 14.4. The number of carbonyl (C=O) groups is 1. The highest BCUT2D eigenvalue weighted by Crippen LogP contribution is 2.44. The van der Waals surface area contributed by atoms with Gasteiger partial charge >= 0.3 is 0 Å². The minimum absolute atomic E-state index is 0.0347. The van der Waals surface area contributed by atoms with Gasteiger partial charge in [-0.1, -0.05) is 12.2 Å². The van der Waals surface area contributed by atoms with Crippen molar-refractivity contribution in [2.75, 3.05) is 5.75 Å². The normalized spacial score (nSPS) is 33.0. The van der Waals surface area contributed by atoms with Crippen LogP contribution in [0.3, 0.4) is 0 Å². The first-order chi connectivity index (χ1) is 10.2. The van der Waals surface area contributed by atoms with Gasteiger partial charge in [0.2, 0.25) is 5.91 Å². The lowest BCUT2D eigenvalue weighted by atomic mass is 9.92. The van der Waals surface area contributed by atoms with Crippen LogP contribution in [-0.2, 0) is 4.79 Å². The molecule has 1 N–H and O–H groups in total. The second-order valence-corrected chi connectivity index (χ2v) is 7.40. The molecule has 4 heteroatoms. The Morgan fingerprint density at radius 3 is 2.95 bits per heavy atom. The molecule has 0 unspecified atom stereocenters. The summed E-state index contributed by atoms with van der Waals surface area (Å²) in [6.45, 7) is 0. The van der Waals surface area contributed by atoms with E-state index in [1.165, 1.54) is 6.07 Å². The number of halogens is 1. The van der Waals surface area contributed by atoms with Crippen LogP contribution in [0.4, 0.5) is 4.39 Å². The van der Waals surface area contributed by atoms with Crippen LogP contribution in [0.2, 0.25) is 0 Å². The van der Waals surface area contributed by atoms with Crippen molar-refractivity contribution in [3.05, 3.63) is 41.7 Å². The first-order valence-corrected chi connectivity index (χ1v) is 8.60. The summed E-state index contributed by atoms with van der Waals surface area (Å²) in [5, 5.41) is 3.18. The number of allylic oxidation sites excluding steroid dienone is 2. The Balaban J connectivity index is 1.52. The van der Waals surface area contributed by atoms with E-state index in [4.69, 9.17) is 0 Å². The van der Waals surface area contributed by atoms with Crippen LogP contribution >= 0.6 is 11.8 Å². The van der Waals surface area contributed by atoms with Crippen LogP contribution in [-0.4, -0.2) is 11.7 Å². The number of amides is 1. The van der Waals surface area contributed by atoms with Crippen LogP contribution in [0.1, 0.15) is 30.9 Å². The second kappa shape index (κ2) is 5.16. The van der Waals surface area contributed by atoms with E-state index in [2.05, 4.69) is 17.5 Å². The van der Waals surface area contributed by atoms with Crippen LogP contribution in [0, 0.1) is 23.6 Å². The van der Waals surface area contributed by atoms with Crippen molar-refractivity contribution in [1.29, 1.82) is 0 Å². The minimum atomic E-state index is -0.224. The molecule has 110 valence electrons. The molecule has 1 aliphatic heterocycles. The average molecular weight is 303 g/mol. The van der Waals surface area contributed by atoms with Crippen LogP contribution in [0.5, 0.6) is 0 Å². The van der Waals surface area contributed by atoms with Gasteiger partial charge in [-0.3, -0.25) is 4.79 Å². The Labute approximate surface area is 128 Å². The molecule has 2 aliphatic carbocycles. The monoisotopic (exact) mass is 303 g/mol. The molecule has 0 radical (unpaired) electrons. The van der Waals surface area contributed by atoms with E-state index in [1.54, 1.807) is 17.8 Å². The summed E-state index contributed by atoms with van der Waals surface area (Å²) in [5.74, 6) is 2.03. The molecule has 2 nitrogen and oxygen atoms in total. The summed E-state index contributed by atoms with van der Waals surface area (Å²) < 4.78 is 13.5. The lowest BCUT2D eigenvalue weighted by Gasteiger charge is -2.28. The van der Waals surface area contributed by atoms with E-state index in [0.29, 0.717) is 11.8 Å². The summed E-state index contributed by atoms with van der Waals surface area (Å²) in [4.78, 5) is 13.7. The molecule has 21 heavy (non-hydrogen) atoms. The number of fused-ring (bicyclic) bond motifs is 3. The van der Waals surface area contributed by atoms with Gasteiger partial charge in [-0.05, 0) is 54.9 Å². The molecule has 2 bridgehead atoms. The zero-order valence-electron chi connectivity index (χ0n) is 11.7. The topological polar surface area (TPSA) is 29.1 Å². The third-order valence-electron chi connectivity index (χ3n) is 4.94. The maximum Gasteiger partial charge on any atom is 0.224 e. The fraction of sp³-hybridized carbons (Fsp3) is 0.471. The highest BCUT2D eigenvalue weighted by molar-refractivity contribution is 7.99. The predicted octanol–water partition coefficient (Wildman–Crippen LogP) is 3.69. The van der Waals surface area contributed by atoms with E-state index >= 15 is 0 Å². The summed E-state index contributed by atoms with van der Waals surface area (Å²) in [6.07, 6.45) is 7.43. The molecular weight excluding hydrogens is 285 g/mol. The van der Waals surface area contributed by atoms with Crippen molar-refractivity contribution in [2.24, 2.45) is 17.8 Å². The molecule has 3 aliphatic rings. The lowest BCUT2D eigenvalue weighted by molar-refractivity contribution is -0.126. The summed E-state index contributed by atoms with van der Waals surface area (Å²) in [6, 6.07) is 4.87. The highest BCUT2D eigenvalue weighted by atomic mass is 32.2. The summed E-state index contributed by atoms with van der Waals surface area (Å²) in [7, 11) is 0. The molecule has 1 saturated carbocycles. The number of benzene rings is 1. The first-order valence-electron chi connectivity index (χ1n) is 7.61. The Hall–Kier alpha value is -1.29. The minimum Gasteiger partial charge on any atom is -0.349 e. The van der Waals surface area contributed by atoms with Crippen molar-refractivity contribution in [1.82, 2.24) is 5.32 Å². The largest absolute Gasteiger partial charge is 0.349 e. The zero-order valence-corrected chi connectivity index (χ0v) is 12.5. The van der Waals surface area contributed by atoms with E-state index in [9.17, 15) is 9.18 Å². The maximum atomic E-state index is 13.5. The fourth-order valence-corrected chi connectivity index (χ4v) is 4.98. The number of thioether (sulfide) groups is 1. The van der Waals surface area contributed by atoms with Gasteiger partial charge in [0.15, 0.2) is 0 Å². The summed E-state index contributed by atoms with van der Waals surface area (Å²) >= 11 is 1.74.